The van der Waals surface area contributed by atoms with Crippen LogP contribution in [0.4, 0.5) is 5.69 Å². The molecule has 132 valence electrons. The molecule has 5 nitrogen and oxygen atoms in total. The second-order valence-corrected chi connectivity index (χ2v) is 5.45. The van der Waals surface area contributed by atoms with E-state index in [4.69, 9.17) is 10.5 Å². The van der Waals surface area contributed by atoms with Crippen LogP contribution in [0.25, 0.3) is 0 Å². The van der Waals surface area contributed by atoms with Gasteiger partial charge in [0.05, 0.1) is 12.3 Å². The number of carbonyl (C=O) groups excluding carboxylic acids is 1. The minimum Gasteiger partial charge on any atom is -0.492 e. The summed E-state index contributed by atoms with van der Waals surface area (Å²) in [6.45, 7) is 7.65. The van der Waals surface area contributed by atoms with Crippen molar-refractivity contribution in [2.75, 3.05) is 37.7 Å². The van der Waals surface area contributed by atoms with Gasteiger partial charge in [0.1, 0.15) is 5.75 Å². The summed E-state index contributed by atoms with van der Waals surface area (Å²) in [5, 5.41) is 0. The lowest BCUT2D eigenvalue weighted by atomic mass is 10.2. The molecule has 1 unspecified atom stereocenters. The molecule has 0 aromatic heterocycles. The van der Waals surface area contributed by atoms with E-state index < -0.39 is 0 Å². The highest BCUT2D eigenvalue weighted by Gasteiger charge is 2.23. The summed E-state index contributed by atoms with van der Waals surface area (Å²) in [4.78, 5) is 16.2. The molecular formula is C16H27Cl2N3O2. The van der Waals surface area contributed by atoms with Crippen LogP contribution in [-0.2, 0) is 4.79 Å². The average Bonchev–Trinajstić information content (AvgIpc) is 2.48. The Hall–Kier alpha value is -1.17. The molecule has 1 aliphatic rings. The monoisotopic (exact) mass is 363 g/mol. The Labute approximate surface area is 151 Å². The maximum atomic E-state index is 12.0. The van der Waals surface area contributed by atoms with Crippen molar-refractivity contribution in [3.63, 3.8) is 0 Å². The van der Waals surface area contributed by atoms with Crippen molar-refractivity contribution in [1.82, 2.24) is 4.90 Å². The van der Waals surface area contributed by atoms with Crippen LogP contribution >= 0.6 is 24.8 Å². The fourth-order valence-electron chi connectivity index (χ4n) is 2.60. The van der Waals surface area contributed by atoms with Gasteiger partial charge in [-0.3, -0.25) is 4.79 Å². The van der Waals surface area contributed by atoms with Crippen molar-refractivity contribution in [2.45, 2.75) is 26.3 Å². The van der Waals surface area contributed by atoms with Crippen LogP contribution in [0.1, 0.15) is 20.3 Å². The van der Waals surface area contributed by atoms with Gasteiger partial charge in [-0.1, -0.05) is 12.1 Å². The van der Waals surface area contributed by atoms with Crippen molar-refractivity contribution in [3.8, 4) is 5.75 Å². The summed E-state index contributed by atoms with van der Waals surface area (Å²) in [6, 6.07) is 7.99. The van der Waals surface area contributed by atoms with Gasteiger partial charge in [-0.05, 0) is 26.0 Å². The number of nitrogens with two attached hydrogens (primary N) is 1. The lowest BCUT2D eigenvalue weighted by Crippen LogP contribution is -2.49. The first kappa shape index (κ1) is 21.8. The van der Waals surface area contributed by atoms with E-state index in [9.17, 15) is 4.79 Å². The van der Waals surface area contributed by atoms with Crippen molar-refractivity contribution in [3.05, 3.63) is 24.3 Å². The highest BCUT2D eigenvalue weighted by molar-refractivity contribution is 5.85. The third-order valence-corrected chi connectivity index (χ3v) is 3.63. The number of carbonyl (C=O) groups is 1. The molecule has 1 aromatic rings. The number of hydrogen-bond acceptors (Lipinski definition) is 4. The van der Waals surface area contributed by atoms with E-state index in [1.54, 1.807) is 0 Å². The summed E-state index contributed by atoms with van der Waals surface area (Å²) in [5.74, 6) is 1.07. The molecule has 1 aromatic carbocycles. The quantitative estimate of drug-likeness (QED) is 0.871. The summed E-state index contributed by atoms with van der Waals surface area (Å²) in [6.07, 6.45) is 0.426. The number of amides is 1. The lowest BCUT2D eigenvalue weighted by Gasteiger charge is -2.37. The van der Waals surface area contributed by atoms with E-state index in [1.807, 2.05) is 36.9 Å². The smallest absolute Gasteiger partial charge is 0.224 e. The number of nitrogens with zero attached hydrogens (tertiary/aromatic N) is 2. The first-order valence-corrected chi connectivity index (χ1v) is 7.62. The average molecular weight is 364 g/mol. The van der Waals surface area contributed by atoms with Gasteiger partial charge in [0.15, 0.2) is 0 Å². The lowest BCUT2D eigenvalue weighted by molar-refractivity contribution is -0.131. The molecular weight excluding hydrogens is 337 g/mol. The normalized spacial score (nSPS) is 15.3. The van der Waals surface area contributed by atoms with E-state index in [1.165, 1.54) is 0 Å². The van der Waals surface area contributed by atoms with Gasteiger partial charge >= 0.3 is 0 Å². The Balaban J connectivity index is 0.00000242. The number of ether oxygens (including phenoxy) is 1. The number of benzene rings is 1. The van der Waals surface area contributed by atoms with Crippen LogP contribution in [0.15, 0.2) is 24.3 Å². The minimum atomic E-state index is -0.0748. The molecule has 1 heterocycles. The van der Waals surface area contributed by atoms with Crippen LogP contribution in [-0.4, -0.2) is 49.6 Å². The Morgan fingerprint density at radius 2 is 1.83 bits per heavy atom. The first-order valence-electron chi connectivity index (χ1n) is 7.62. The molecule has 0 saturated carbocycles. The van der Waals surface area contributed by atoms with Gasteiger partial charge in [0.2, 0.25) is 5.91 Å². The molecule has 7 heteroatoms. The maximum absolute atomic E-state index is 12.0. The maximum Gasteiger partial charge on any atom is 0.224 e. The molecule has 0 aliphatic carbocycles. The van der Waals surface area contributed by atoms with Gasteiger partial charge in [-0.15, -0.1) is 24.8 Å². The van der Waals surface area contributed by atoms with Gasteiger partial charge in [-0.2, -0.15) is 0 Å². The Kier molecular flexibility index (Phi) is 10.0. The first-order chi connectivity index (χ1) is 10.1. The molecule has 1 amide bonds. The fraction of sp³-hybridized carbons (Fsp3) is 0.562. The number of anilines is 1. The number of rotatable bonds is 5. The molecule has 2 rings (SSSR count). The summed E-state index contributed by atoms with van der Waals surface area (Å²) in [7, 11) is 0. The molecule has 0 bridgehead atoms. The zero-order valence-corrected chi connectivity index (χ0v) is 15.4. The molecule has 1 aliphatic heterocycles. The number of hydrogen-bond donors (Lipinski definition) is 1. The third kappa shape index (κ3) is 6.09. The molecule has 0 radical (unpaired) electrons. The van der Waals surface area contributed by atoms with E-state index in [-0.39, 0.29) is 36.8 Å². The van der Waals surface area contributed by atoms with Crippen LogP contribution in [0.2, 0.25) is 0 Å². The molecule has 1 saturated heterocycles. The summed E-state index contributed by atoms with van der Waals surface area (Å²) in [5.41, 5.74) is 6.81. The van der Waals surface area contributed by atoms with Crippen LogP contribution in [0, 0.1) is 0 Å². The SMILES string of the molecule is CCOc1ccccc1N1CCN(C(=O)CC(C)N)CC1.Cl.Cl. The van der Waals surface area contributed by atoms with Crippen molar-refractivity contribution < 1.29 is 9.53 Å². The van der Waals surface area contributed by atoms with Crippen LogP contribution < -0.4 is 15.4 Å². The topological polar surface area (TPSA) is 58.8 Å². The Bertz CT molecular complexity index is 478. The Morgan fingerprint density at radius 3 is 2.39 bits per heavy atom. The third-order valence-electron chi connectivity index (χ3n) is 3.63. The van der Waals surface area contributed by atoms with Gasteiger partial charge in [-0.25, -0.2) is 0 Å². The molecule has 1 fully saturated rings. The second-order valence-electron chi connectivity index (χ2n) is 5.45. The highest BCUT2D eigenvalue weighted by Crippen LogP contribution is 2.28. The Morgan fingerprint density at radius 1 is 1.22 bits per heavy atom. The highest BCUT2D eigenvalue weighted by atomic mass is 35.5. The fourth-order valence-corrected chi connectivity index (χ4v) is 2.60. The number of piperazine rings is 1. The number of para-hydroxylation sites is 2. The molecule has 0 spiro atoms. The van der Waals surface area contributed by atoms with E-state index >= 15 is 0 Å². The largest absolute Gasteiger partial charge is 0.492 e. The van der Waals surface area contributed by atoms with Crippen molar-refractivity contribution >= 4 is 36.4 Å². The second kappa shape index (κ2) is 10.6. The van der Waals surface area contributed by atoms with Crippen LogP contribution in [0.3, 0.4) is 0 Å². The summed E-state index contributed by atoms with van der Waals surface area (Å²) >= 11 is 0. The van der Waals surface area contributed by atoms with E-state index in [0.29, 0.717) is 13.0 Å². The molecule has 1 atom stereocenters. The van der Waals surface area contributed by atoms with Crippen molar-refractivity contribution in [2.24, 2.45) is 5.73 Å². The van der Waals surface area contributed by atoms with E-state index in [0.717, 1.165) is 37.6 Å². The summed E-state index contributed by atoms with van der Waals surface area (Å²) < 4.78 is 5.68. The van der Waals surface area contributed by atoms with Gasteiger partial charge in [0.25, 0.3) is 0 Å². The number of halogens is 2. The molecule has 2 N–H and O–H groups in total. The predicted octanol–water partition coefficient (Wildman–Crippen LogP) is 2.31. The minimum absolute atomic E-state index is 0. The van der Waals surface area contributed by atoms with E-state index in [2.05, 4.69) is 11.0 Å². The molecule has 23 heavy (non-hydrogen) atoms. The predicted molar refractivity (Wildman–Crippen MR) is 99.2 cm³/mol. The zero-order chi connectivity index (χ0) is 15.2. The van der Waals surface area contributed by atoms with Crippen molar-refractivity contribution in [1.29, 1.82) is 0 Å². The standard InChI is InChI=1S/C16H25N3O2.2ClH/c1-3-21-15-7-5-4-6-14(15)18-8-10-19(11-9-18)16(20)12-13(2)17;;/h4-7,13H,3,8-12,17H2,1-2H3;2*1H. The van der Waals surface area contributed by atoms with Crippen LogP contribution in [0.5, 0.6) is 5.75 Å². The van der Waals surface area contributed by atoms with Gasteiger partial charge in [0, 0.05) is 38.6 Å². The van der Waals surface area contributed by atoms with Gasteiger partial charge < -0.3 is 20.3 Å². The zero-order valence-electron chi connectivity index (χ0n) is 13.7.